The topological polar surface area (TPSA) is 56.7 Å². The Balaban J connectivity index is 1.73. The van der Waals surface area contributed by atoms with Gasteiger partial charge in [0.1, 0.15) is 0 Å². The van der Waals surface area contributed by atoms with Crippen LogP contribution in [0.5, 0.6) is 0 Å². The van der Waals surface area contributed by atoms with Crippen molar-refractivity contribution in [2.45, 2.75) is 46.5 Å². The van der Waals surface area contributed by atoms with Crippen LogP contribution >= 0.6 is 11.3 Å². The molecule has 5 nitrogen and oxygen atoms in total. The molecule has 1 aromatic heterocycles. The fourth-order valence-corrected chi connectivity index (χ4v) is 4.16. The van der Waals surface area contributed by atoms with Gasteiger partial charge in [-0.1, -0.05) is 19.9 Å². The first-order valence-corrected chi connectivity index (χ1v) is 10.8. The third kappa shape index (κ3) is 7.36. The molecule has 2 heterocycles. The molecular weight excluding hydrogens is 344 g/mol. The van der Waals surface area contributed by atoms with Crippen molar-refractivity contribution >= 4 is 23.2 Å². The Morgan fingerprint density at radius 2 is 2.31 bits per heavy atom. The van der Waals surface area contributed by atoms with Gasteiger partial charge in [-0.25, -0.2) is 0 Å². The molecule has 1 aliphatic heterocycles. The number of likely N-dealkylation sites (tertiary alicyclic amines) is 1. The van der Waals surface area contributed by atoms with Crippen molar-refractivity contribution in [2.75, 3.05) is 32.7 Å². The van der Waals surface area contributed by atoms with E-state index in [2.05, 4.69) is 53.9 Å². The smallest absolute Gasteiger partial charge is 0.224 e. The summed E-state index contributed by atoms with van der Waals surface area (Å²) in [6.45, 7) is 10.6. The van der Waals surface area contributed by atoms with Crippen LogP contribution in [0.25, 0.3) is 0 Å². The molecule has 26 heavy (non-hydrogen) atoms. The van der Waals surface area contributed by atoms with Crippen molar-refractivity contribution in [1.29, 1.82) is 0 Å². The normalized spacial score (nSPS) is 19.3. The summed E-state index contributed by atoms with van der Waals surface area (Å²) < 4.78 is 0. The minimum atomic E-state index is 0.256. The van der Waals surface area contributed by atoms with Gasteiger partial charge in [0.25, 0.3) is 0 Å². The van der Waals surface area contributed by atoms with E-state index in [-0.39, 0.29) is 5.91 Å². The van der Waals surface area contributed by atoms with Crippen LogP contribution in [-0.2, 0) is 11.2 Å². The van der Waals surface area contributed by atoms with Crippen molar-refractivity contribution in [3.8, 4) is 0 Å². The standard InChI is InChI=1S/C20H34N4OS/c1-4-21-20(23-14-17(3)13-18-8-6-12-26-18)22-10-9-19(25)24-11-5-7-16(2)15-24/h6,8,12,16-17H,4-5,7,9-11,13-15H2,1-3H3,(H2,21,22,23). The van der Waals surface area contributed by atoms with E-state index in [1.165, 1.54) is 11.3 Å². The molecule has 0 radical (unpaired) electrons. The Kier molecular flexibility index (Phi) is 8.95. The third-order valence-electron chi connectivity index (χ3n) is 4.68. The molecular formula is C20H34N4OS. The number of nitrogens with one attached hydrogen (secondary N) is 2. The second-order valence-corrected chi connectivity index (χ2v) is 8.40. The molecule has 0 saturated carbocycles. The maximum absolute atomic E-state index is 12.4. The van der Waals surface area contributed by atoms with Gasteiger partial charge in [-0.05, 0) is 49.5 Å². The quantitative estimate of drug-likeness (QED) is 0.540. The first kappa shape index (κ1) is 20.7. The Morgan fingerprint density at radius 1 is 1.46 bits per heavy atom. The van der Waals surface area contributed by atoms with Crippen LogP contribution in [0.4, 0.5) is 0 Å². The van der Waals surface area contributed by atoms with E-state index in [1.807, 2.05) is 4.90 Å². The lowest BCUT2D eigenvalue weighted by molar-refractivity contribution is -0.132. The Hall–Kier alpha value is -1.56. The van der Waals surface area contributed by atoms with Gasteiger partial charge in [-0.3, -0.25) is 9.79 Å². The lowest BCUT2D eigenvalue weighted by Gasteiger charge is -2.31. The summed E-state index contributed by atoms with van der Waals surface area (Å²) in [5, 5.41) is 8.71. The summed E-state index contributed by atoms with van der Waals surface area (Å²) in [5.41, 5.74) is 0. The van der Waals surface area contributed by atoms with Gasteiger partial charge in [0, 0.05) is 44.0 Å². The summed E-state index contributed by atoms with van der Waals surface area (Å²) in [6.07, 6.45) is 3.96. The largest absolute Gasteiger partial charge is 0.357 e. The molecule has 0 bridgehead atoms. The number of hydrogen-bond acceptors (Lipinski definition) is 3. The molecule has 1 saturated heterocycles. The fraction of sp³-hybridized carbons (Fsp3) is 0.700. The van der Waals surface area contributed by atoms with Crippen molar-refractivity contribution in [3.05, 3.63) is 22.4 Å². The van der Waals surface area contributed by atoms with E-state index in [0.717, 1.165) is 45.0 Å². The summed E-state index contributed by atoms with van der Waals surface area (Å²) >= 11 is 1.80. The van der Waals surface area contributed by atoms with Gasteiger partial charge < -0.3 is 15.5 Å². The average Bonchev–Trinajstić information content (AvgIpc) is 3.12. The number of carbonyl (C=O) groups excluding carboxylic acids is 1. The van der Waals surface area contributed by atoms with E-state index in [9.17, 15) is 4.79 Å². The predicted molar refractivity (Wildman–Crippen MR) is 111 cm³/mol. The van der Waals surface area contributed by atoms with Crippen molar-refractivity contribution in [1.82, 2.24) is 15.5 Å². The van der Waals surface area contributed by atoms with Crippen LogP contribution in [-0.4, -0.2) is 49.5 Å². The molecule has 0 aliphatic carbocycles. The monoisotopic (exact) mass is 378 g/mol. The van der Waals surface area contributed by atoms with Gasteiger partial charge in [0.2, 0.25) is 5.91 Å². The van der Waals surface area contributed by atoms with E-state index in [1.54, 1.807) is 11.3 Å². The van der Waals surface area contributed by atoms with Gasteiger partial charge in [-0.15, -0.1) is 11.3 Å². The van der Waals surface area contributed by atoms with Crippen molar-refractivity contribution < 1.29 is 4.79 Å². The summed E-state index contributed by atoms with van der Waals surface area (Å²) in [7, 11) is 0. The maximum atomic E-state index is 12.4. The molecule has 2 unspecified atom stereocenters. The summed E-state index contributed by atoms with van der Waals surface area (Å²) in [4.78, 5) is 20.5. The molecule has 2 atom stereocenters. The van der Waals surface area contributed by atoms with Crippen LogP contribution in [0.1, 0.15) is 44.9 Å². The highest BCUT2D eigenvalue weighted by Crippen LogP contribution is 2.16. The zero-order valence-corrected chi connectivity index (χ0v) is 17.3. The molecule has 2 N–H and O–H groups in total. The Labute approximate surface area is 162 Å². The van der Waals surface area contributed by atoms with Crippen LogP contribution in [0.2, 0.25) is 0 Å². The molecule has 1 fully saturated rings. The zero-order valence-electron chi connectivity index (χ0n) is 16.5. The van der Waals surface area contributed by atoms with Crippen LogP contribution < -0.4 is 10.6 Å². The van der Waals surface area contributed by atoms with Gasteiger partial charge in [0.15, 0.2) is 5.96 Å². The van der Waals surface area contributed by atoms with Crippen molar-refractivity contribution in [2.24, 2.45) is 16.8 Å². The first-order valence-electron chi connectivity index (χ1n) is 9.90. The molecule has 0 aromatic carbocycles. The van der Waals surface area contributed by atoms with Gasteiger partial charge in [-0.2, -0.15) is 0 Å². The van der Waals surface area contributed by atoms with Crippen LogP contribution in [0.3, 0.4) is 0 Å². The highest BCUT2D eigenvalue weighted by atomic mass is 32.1. The SMILES string of the molecule is CCNC(=NCC(C)Cc1cccs1)NCCC(=O)N1CCCC(C)C1. The maximum Gasteiger partial charge on any atom is 0.224 e. The highest BCUT2D eigenvalue weighted by molar-refractivity contribution is 7.09. The van der Waals surface area contributed by atoms with E-state index in [0.29, 0.717) is 24.8 Å². The average molecular weight is 379 g/mol. The zero-order chi connectivity index (χ0) is 18.8. The minimum absolute atomic E-state index is 0.256. The number of thiophene rings is 1. The Morgan fingerprint density at radius 3 is 3.00 bits per heavy atom. The molecule has 1 amide bonds. The predicted octanol–water partition coefficient (Wildman–Crippen LogP) is 3.13. The number of amides is 1. The molecule has 1 aromatic rings. The van der Waals surface area contributed by atoms with E-state index in [4.69, 9.17) is 0 Å². The summed E-state index contributed by atoms with van der Waals surface area (Å²) in [5.74, 6) is 2.20. The number of carbonyl (C=O) groups is 1. The van der Waals surface area contributed by atoms with Crippen molar-refractivity contribution in [3.63, 3.8) is 0 Å². The number of piperidine rings is 1. The second kappa shape index (κ2) is 11.2. The van der Waals surface area contributed by atoms with Gasteiger partial charge >= 0.3 is 0 Å². The number of guanidine groups is 1. The van der Waals surface area contributed by atoms with Gasteiger partial charge in [0.05, 0.1) is 0 Å². The molecule has 146 valence electrons. The number of rotatable bonds is 8. The number of hydrogen-bond donors (Lipinski definition) is 2. The third-order valence-corrected chi connectivity index (χ3v) is 5.57. The summed E-state index contributed by atoms with van der Waals surface area (Å²) in [6, 6.07) is 4.28. The van der Waals surface area contributed by atoms with E-state index < -0.39 is 0 Å². The first-order chi connectivity index (χ1) is 12.6. The molecule has 6 heteroatoms. The fourth-order valence-electron chi connectivity index (χ4n) is 3.29. The lowest BCUT2D eigenvalue weighted by Crippen LogP contribution is -2.42. The second-order valence-electron chi connectivity index (χ2n) is 7.37. The Bertz CT molecular complexity index is 558. The molecule has 2 rings (SSSR count). The highest BCUT2D eigenvalue weighted by Gasteiger charge is 2.20. The molecule has 0 spiro atoms. The number of nitrogens with zero attached hydrogens (tertiary/aromatic N) is 2. The van der Waals surface area contributed by atoms with Crippen LogP contribution in [0, 0.1) is 11.8 Å². The minimum Gasteiger partial charge on any atom is -0.357 e. The van der Waals surface area contributed by atoms with E-state index >= 15 is 0 Å². The number of aliphatic imine (C=N–C) groups is 1. The van der Waals surface area contributed by atoms with Crippen LogP contribution in [0.15, 0.2) is 22.5 Å². The lowest BCUT2D eigenvalue weighted by atomic mass is 10.00. The molecule has 1 aliphatic rings.